The van der Waals surface area contributed by atoms with Crippen molar-refractivity contribution in [1.82, 2.24) is 4.90 Å². The summed E-state index contributed by atoms with van der Waals surface area (Å²) in [6.07, 6.45) is 3.95. The molecule has 2 rings (SSSR count). The number of hydrogen-bond acceptors (Lipinski definition) is 2. The van der Waals surface area contributed by atoms with E-state index in [1.165, 1.54) is 31.4 Å². The van der Waals surface area contributed by atoms with E-state index in [4.69, 9.17) is 0 Å². The zero-order valence-electron chi connectivity index (χ0n) is 9.40. The van der Waals surface area contributed by atoms with E-state index in [1.807, 2.05) is 12.1 Å². The maximum atomic E-state index is 9.24. The zero-order chi connectivity index (χ0) is 11.4. The number of alkyl halides is 1. The predicted octanol–water partition coefficient (Wildman–Crippen LogP) is 3.14. The van der Waals surface area contributed by atoms with Crippen LogP contribution in [0.25, 0.3) is 0 Å². The third-order valence-electron chi connectivity index (χ3n) is 3.25. The van der Waals surface area contributed by atoms with Gasteiger partial charge in [-0.05, 0) is 37.1 Å². The van der Waals surface area contributed by atoms with Gasteiger partial charge in [0.1, 0.15) is 5.75 Å². The smallest absolute Gasteiger partial charge is 0.115 e. The summed E-state index contributed by atoms with van der Waals surface area (Å²) >= 11 is 3.59. The lowest BCUT2D eigenvalue weighted by Crippen LogP contribution is -2.39. The van der Waals surface area contributed by atoms with E-state index in [-0.39, 0.29) is 0 Å². The summed E-state index contributed by atoms with van der Waals surface area (Å²) in [5, 5.41) is 10.3. The number of likely N-dealkylation sites (tertiary alicyclic amines) is 1. The van der Waals surface area contributed by atoms with Crippen LogP contribution in [0, 0.1) is 0 Å². The number of aromatic hydroxyl groups is 1. The molecule has 16 heavy (non-hydrogen) atoms. The molecular formula is C13H18BrNO. The lowest BCUT2D eigenvalue weighted by atomic mass is 10.0. The minimum Gasteiger partial charge on any atom is -0.508 e. The molecule has 1 aromatic rings. The summed E-state index contributed by atoms with van der Waals surface area (Å²) in [5.74, 6) is 0.347. The molecule has 1 aromatic carbocycles. The molecule has 2 nitrogen and oxygen atoms in total. The van der Waals surface area contributed by atoms with Gasteiger partial charge in [0.25, 0.3) is 0 Å². The molecule has 0 saturated carbocycles. The topological polar surface area (TPSA) is 23.5 Å². The first-order valence-electron chi connectivity index (χ1n) is 5.87. The summed E-state index contributed by atoms with van der Waals surface area (Å²) in [6.45, 7) is 2.19. The van der Waals surface area contributed by atoms with Crippen molar-refractivity contribution in [2.75, 3.05) is 11.9 Å². The molecule has 0 radical (unpaired) electrons. The van der Waals surface area contributed by atoms with Crippen LogP contribution >= 0.6 is 15.9 Å². The lowest BCUT2D eigenvalue weighted by Gasteiger charge is -2.34. The highest BCUT2D eigenvalue weighted by molar-refractivity contribution is 9.09. The van der Waals surface area contributed by atoms with Crippen molar-refractivity contribution in [3.8, 4) is 5.75 Å². The Balaban J connectivity index is 1.99. The molecule has 0 spiro atoms. The fourth-order valence-corrected chi connectivity index (χ4v) is 3.01. The van der Waals surface area contributed by atoms with Gasteiger partial charge in [-0.2, -0.15) is 0 Å². The van der Waals surface area contributed by atoms with Gasteiger partial charge < -0.3 is 5.11 Å². The Morgan fingerprint density at radius 3 is 2.69 bits per heavy atom. The second kappa shape index (κ2) is 5.69. The highest BCUT2D eigenvalue weighted by atomic mass is 79.9. The van der Waals surface area contributed by atoms with Crippen molar-refractivity contribution in [3.63, 3.8) is 0 Å². The Labute approximate surface area is 105 Å². The fraction of sp³-hybridized carbons (Fsp3) is 0.538. The second-order valence-corrected chi connectivity index (χ2v) is 5.09. The summed E-state index contributed by atoms with van der Waals surface area (Å²) in [4.78, 5) is 2.53. The fourth-order valence-electron chi connectivity index (χ4n) is 2.28. The number of nitrogens with zero attached hydrogens (tertiary/aromatic N) is 1. The Hall–Kier alpha value is -0.540. The number of benzene rings is 1. The van der Waals surface area contributed by atoms with Crippen LogP contribution in [0.15, 0.2) is 24.3 Å². The molecular weight excluding hydrogens is 266 g/mol. The molecule has 88 valence electrons. The van der Waals surface area contributed by atoms with Gasteiger partial charge in [0.15, 0.2) is 0 Å². The molecule has 1 unspecified atom stereocenters. The van der Waals surface area contributed by atoms with Crippen LogP contribution in [0.4, 0.5) is 0 Å². The number of halogens is 1. The first-order chi connectivity index (χ1) is 7.79. The van der Waals surface area contributed by atoms with Crippen LogP contribution in [0.2, 0.25) is 0 Å². The largest absolute Gasteiger partial charge is 0.508 e. The summed E-state index contributed by atoms with van der Waals surface area (Å²) in [5.41, 5.74) is 1.28. The first kappa shape index (κ1) is 11.9. The minimum absolute atomic E-state index is 0.347. The second-order valence-electron chi connectivity index (χ2n) is 4.44. The van der Waals surface area contributed by atoms with Gasteiger partial charge in [-0.3, -0.25) is 4.90 Å². The SMILES string of the molecule is Oc1ccc(CN2CCCCC2CBr)cc1. The Bertz CT molecular complexity index is 325. The molecule has 1 atom stereocenters. The summed E-state index contributed by atoms with van der Waals surface area (Å²) in [6, 6.07) is 8.22. The van der Waals surface area contributed by atoms with E-state index in [2.05, 4.69) is 20.8 Å². The molecule has 1 fully saturated rings. The van der Waals surface area contributed by atoms with Crippen molar-refractivity contribution in [3.05, 3.63) is 29.8 Å². The molecule has 1 aliphatic heterocycles. The van der Waals surface area contributed by atoms with Crippen molar-refractivity contribution in [1.29, 1.82) is 0 Å². The Morgan fingerprint density at radius 1 is 1.25 bits per heavy atom. The molecule has 1 aliphatic rings. The highest BCUT2D eigenvalue weighted by Crippen LogP contribution is 2.21. The van der Waals surface area contributed by atoms with Crippen LogP contribution in [0.3, 0.4) is 0 Å². The van der Waals surface area contributed by atoms with E-state index < -0.39 is 0 Å². The van der Waals surface area contributed by atoms with E-state index in [9.17, 15) is 5.11 Å². The van der Waals surface area contributed by atoms with Crippen LogP contribution in [0.1, 0.15) is 24.8 Å². The normalized spacial score (nSPS) is 22.2. The quantitative estimate of drug-likeness (QED) is 0.862. The number of hydrogen-bond donors (Lipinski definition) is 1. The number of rotatable bonds is 3. The monoisotopic (exact) mass is 283 g/mol. The van der Waals surface area contributed by atoms with Gasteiger partial charge in [-0.15, -0.1) is 0 Å². The molecule has 0 aliphatic carbocycles. The van der Waals surface area contributed by atoms with Gasteiger partial charge in [-0.25, -0.2) is 0 Å². The van der Waals surface area contributed by atoms with Gasteiger partial charge in [0.2, 0.25) is 0 Å². The number of piperidine rings is 1. The lowest BCUT2D eigenvalue weighted by molar-refractivity contribution is 0.156. The van der Waals surface area contributed by atoms with E-state index in [1.54, 1.807) is 12.1 Å². The molecule has 3 heteroatoms. The maximum Gasteiger partial charge on any atom is 0.115 e. The summed E-state index contributed by atoms with van der Waals surface area (Å²) < 4.78 is 0. The molecule has 0 amide bonds. The average Bonchev–Trinajstić information content (AvgIpc) is 2.33. The predicted molar refractivity (Wildman–Crippen MR) is 69.9 cm³/mol. The van der Waals surface area contributed by atoms with Crippen molar-refractivity contribution in [2.24, 2.45) is 0 Å². The van der Waals surface area contributed by atoms with E-state index >= 15 is 0 Å². The molecule has 1 heterocycles. The van der Waals surface area contributed by atoms with Crippen molar-refractivity contribution < 1.29 is 5.11 Å². The third-order valence-corrected chi connectivity index (χ3v) is 4.00. The van der Waals surface area contributed by atoms with Crippen LogP contribution in [-0.2, 0) is 6.54 Å². The van der Waals surface area contributed by atoms with Gasteiger partial charge >= 0.3 is 0 Å². The molecule has 1 saturated heterocycles. The zero-order valence-corrected chi connectivity index (χ0v) is 11.0. The maximum absolute atomic E-state index is 9.24. The van der Waals surface area contributed by atoms with Crippen LogP contribution < -0.4 is 0 Å². The van der Waals surface area contributed by atoms with Gasteiger partial charge in [0, 0.05) is 17.9 Å². The Kier molecular flexibility index (Phi) is 4.24. The summed E-state index contributed by atoms with van der Waals surface area (Å²) in [7, 11) is 0. The minimum atomic E-state index is 0.347. The molecule has 1 N–H and O–H groups in total. The average molecular weight is 284 g/mol. The highest BCUT2D eigenvalue weighted by Gasteiger charge is 2.20. The molecule has 0 aromatic heterocycles. The Morgan fingerprint density at radius 2 is 2.00 bits per heavy atom. The first-order valence-corrected chi connectivity index (χ1v) is 6.99. The number of phenols is 1. The van der Waals surface area contributed by atoms with Crippen LogP contribution in [-0.4, -0.2) is 27.9 Å². The van der Waals surface area contributed by atoms with Gasteiger partial charge in [0.05, 0.1) is 0 Å². The van der Waals surface area contributed by atoms with Crippen molar-refractivity contribution >= 4 is 15.9 Å². The van der Waals surface area contributed by atoms with E-state index in [0.29, 0.717) is 11.8 Å². The number of phenolic OH excluding ortho intramolecular Hbond substituents is 1. The third kappa shape index (κ3) is 2.98. The van der Waals surface area contributed by atoms with Crippen molar-refractivity contribution in [2.45, 2.75) is 31.8 Å². The van der Waals surface area contributed by atoms with Gasteiger partial charge in [-0.1, -0.05) is 34.5 Å². The molecule has 0 bridgehead atoms. The van der Waals surface area contributed by atoms with Crippen LogP contribution in [0.5, 0.6) is 5.75 Å². The standard InChI is InChI=1S/C13H18BrNO/c14-9-12-3-1-2-8-15(12)10-11-4-6-13(16)7-5-11/h4-7,12,16H,1-3,8-10H2. The van der Waals surface area contributed by atoms with E-state index in [0.717, 1.165) is 11.9 Å².